The summed E-state index contributed by atoms with van der Waals surface area (Å²) in [5, 5.41) is 5.30. The predicted molar refractivity (Wildman–Crippen MR) is 129 cm³/mol. The zero-order chi connectivity index (χ0) is 25.3. The minimum absolute atomic E-state index is 0.0478. The Morgan fingerprint density at radius 1 is 0.941 bits per heavy atom. The molecule has 2 rings (SSSR count). The number of anilines is 1. The van der Waals surface area contributed by atoms with Gasteiger partial charge in [-0.25, -0.2) is 9.59 Å². The summed E-state index contributed by atoms with van der Waals surface area (Å²) >= 11 is 12.0. The van der Waals surface area contributed by atoms with Crippen molar-refractivity contribution in [3.05, 3.63) is 64.1 Å². The Balaban J connectivity index is 1.96. The maximum atomic E-state index is 12.8. The molecule has 0 spiro atoms. The van der Waals surface area contributed by atoms with Crippen LogP contribution in [0.4, 0.5) is 10.5 Å². The molecule has 0 aliphatic rings. The third kappa shape index (κ3) is 7.74. The minimum Gasteiger partial charge on any atom is -0.454 e. The molecule has 0 bridgehead atoms. The highest BCUT2D eigenvalue weighted by atomic mass is 35.5. The summed E-state index contributed by atoms with van der Waals surface area (Å²) in [6.07, 6.45) is -1.71. The lowest BCUT2D eigenvalue weighted by Crippen LogP contribution is -2.49. The smallest absolute Gasteiger partial charge is 0.412 e. The van der Waals surface area contributed by atoms with Crippen LogP contribution in [0, 0.1) is 5.92 Å². The molecule has 0 aliphatic heterocycles. The molecule has 182 valence electrons. The second kappa shape index (κ2) is 13.0. The van der Waals surface area contributed by atoms with E-state index in [1.165, 1.54) is 12.1 Å². The summed E-state index contributed by atoms with van der Waals surface area (Å²) < 4.78 is 10.3. The number of Topliss-reactive ketones (excluding diaryl/α,β-unsaturated/α-hetero) is 1. The molecule has 2 amide bonds. The van der Waals surface area contributed by atoms with Crippen LogP contribution < -0.4 is 10.6 Å². The first-order valence-electron chi connectivity index (χ1n) is 10.6. The van der Waals surface area contributed by atoms with Gasteiger partial charge in [-0.1, -0.05) is 68.2 Å². The highest BCUT2D eigenvalue weighted by molar-refractivity contribution is 6.39. The number of benzene rings is 2. The van der Waals surface area contributed by atoms with E-state index in [0.29, 0.717) is 5.69 Å². The van der Waals surface area contributed by atoms with Gasteiger partial charge in [0.2, 0.25) is 0 Å². The van der Waals surface area contributed by atoms with Gasteiger partial charge < -0.3 is 14.8 Å². The van der Waals surface area contributed by atoms with E-state index in [-0.39, 0.29) is 27.9 Å². The Bertz CT molecular complexity index is 1010. The number of carbonyl (C=O) groups is 4. The van der Waals surface area contributed by atoms with E-state index in [0.717, 1.165) is 0 Å². The number of rotatable bonds is 10. The Morgan fingerprint density at radius 2 is 1.56 bits per heavy atom. The lowest BCUT2D eigenvalue weighted by molar-refractivity contribution is -0.135. The van der Waals surface area contributed by atoms with E-state index in [1.807, 2.05) is 0 Å². The molecule has 2 aromatic rings. The number of hydrogen-bond donors (Lipinski definition) is 2. The first kappa shape index (κ1) is 27.1. The molecule has 0 saturated heterocycles. The SMILES string of the molecule is CCC(NC(=O)C(OC(=O)Nc1ccccc1)C(C)C)C(=O)COC(=O)c1c(Cl)cccc1Cl. The molecular formula is C24H26Cl2N2O6. The van der Waals surface area contributed by atoms with E-state index in [1.54, 1.807) is 57.2 Å². The summed E-state index contributed by atoms with van der Waals surface area (Å²) in [7, 11) is 0. The van der Waals surface area contributed by atoms with Crippen molar-refractivity contribution in [1.29, 1.82) is 0 Å². The zero-order valence-corrected chi connectivity index (χ0v) is 20.5. The topological polar surface area (TPSA) is 111 Å². The molecule has 0 radical (unpaired) electrons. The average molecular weight is 509 g/mol. The van der Waals surface area contributed by atoms with Crippen LogP contribution in [0.5, 0.6) is 0 Å². The number of ketones is 1. The molecule has 2 atom stereocenters. The second-order valence-corrected chi connectivity index (χ2v) is 8.48. The normalized spacial score (nSPS) is 12.4. The fourth-order valence-electron chi connectivity index (χ4n) is 2.94. The van der Waals surface area contributed by atoms with Gasteiger partial charge in [-0.2, -0.15) is 0 Å². The largest absolute Gasteiger partial charge is 0.454 e. The number of ether oxygens (including phenoxy) is 2. The van der Waals surface area contributed by atoms with Crippen LogP contribution in [-0.2, 0) is 19.1 Å². The number of carbonyl (C=O) groups excluding carboxylic acids is 4. The van der Waals surface area contributed by atoms with Crippen LogP contribution in [0.3, 0.4) is 0 Å². The average Bonchev–Trinajstić information content (AvgIpc) is 2.79. The quantitative estimate of drug-likeness (QED) is 0.442. The molecule has 8 nitrogen and oxygen atoms in total. The molecule has 0 saturated carbocycles. The van der Waals surface area contributed by atoms with Crippen LogP contribution in [0.2, 0.25) is 10.0 Å². The van der Waals surface area contributed by atoms with Crippen molar-refractivity contribution >= 4 is 52.6 Å². The number of hydrogen-bond acceptors (Lipinski definition) is 6. The van der Waals surface area contributed by atoms with Gasteiger partial charge in [-0.3, -0.25) is 14.9 Å². The molecule has 2 N–H and O–H groups in total. The number of nitrogens with one attached hydrogen (secondary N) is 2. The third-order valence-electron chi connectivity index (χ3n) is 4.74. The molecule has 0 aromatic heterocycles. The van der Waals surface area contributed by atoms with Crippen LogP contribution >= 0.6 is 23.2 Å². The van der Waals surface area contributed by atoms with E-state index >= 15 is 0 Å². The maximum Gasteiger partial charge on any atom is 0.412 e. The Hall–Kier alpha value is -3.10. The molecule has 34 heavy (non-hydrogen) atoms. The molecule has 0 fully saturated rings. The first-order chi connectivity index (χ1) is 16.1. The zero-order valence-electron chi connectivity index (χ0n) is 19.0. The fourth-order valence-corrected chi connectivity index (χ4v) is 3.49. The van der Waals surface area contributed by atoms with E-state index in [9.17, 15) is 19.2 Å². The Kier molecular flexibility index (Phi) is 10.3. The lowest BCUT2D eigenvalue weighted by Gasteiger charge is -2.24. The predicted octanol–water partition coefficient (Wildman–Crippen LogP) is 4.89. The van der Waals surface area contributed by atoms with Gasteiger partial charge in [-0.15, -0.1) is 0 Å². The number of para-hydroxylation sites is 1. The van der Waals surface area contributed by atoms with Gasteiger partial charge in [0.05, 0.1) is 21.7 Å². The molecule has 2 aromatic carbocycles. The second-order valence-electron chi connectivity index (χ2n) is 7.67. The van der Waals surface area contributed by atoms with Crippen LogP contribution in [0.15, 0.2) is 48.5 Å². The maximum absolute atomic E-state index is 12.8. The van der Waals surface area contributed by atoms with Gasteiger partial charge in [0.25, 0.3) is 5.91 Å². The van der Waals surface area contributed by atoms with Gasteiger partial charge in [0.1, 0.15) is 0 Å². The highest BCUT2D eigenvalue weighted by Gasteiger charge is 2.30. The summed E-state index contributed by atoms with van der Waals surface area (Å²) in [6, 6.07) is 12.2. The van der Waals surface area contributed by atoms with Gasteiger partial charge in [-0.05, 0) is 36.6 Å². The van der Waals surface area contributed by atoms with E-state index < -0.39 is 42.5 Å². The van der Waals surface area contributed by atoms with Crippen LogP contribution in [-0.4, -0.2) is 42.5 Å². The van der Waals surface area contributed by atoms with Gasteiger partial charge in [0.15, 0.2) is 18.5 Å². The standard InChI is InChI=1S/C24H26Cl2N2O6/c1-4-18(19(29)13-33-23(31)20-16(25)11-8-12-17(20)26)28-22(30)21(14(2)3)34-24(32)27-15-9-6-5-7-10-15/h5-12,14,18,21H,4,13H2,1-3H3,(H,27,32)(H,28,30). The monoisotopic (exact) mass is 508 g/mol. The number of amides is 2. The fraction of sp³-hybridized carbons (Fsp3) is 0.333. The Labute approximate surface area is 207 Å². The van der Waals surface area contributed by atoms with Crippen molar-refractivity contribution in [3.8, 4) is 0 Å². The summed E-state index contributed by atoms with van der Waals surface area (Å²) in [6.45, 7) is 4.50. The van der Waals surface area contributed by atoms with Crippen molar-refractivity contribution in [1.82, 2.24) is 5.32 Å². The third-order valence-corrected chi connectivity index (χ3v) is 5.37. The van der Waals surface area contributed by atoms with Crippen molar-refractivity contribution in [2.24, 2.45) is 5.92 Å². The minimum atomic E-state index is -1.14. The molecule has 0 heterocycles. The van der Waals surface area contributed by atoms with Crippen molar-refractivity contribution < 1.29 is 28.7 Å². The van der Waals surface area contributed by atoms with Crippen molar-refractivity contribution in [3.63, 3.8) is 0 Å². The highest BCUT2D eigenvalue weighted by Crippen LogP contribution is 2.25. The van der Waals surface area contributed by atoms with Crippen LogP contribution in [0.25, 0.3) is 0 Å². The number of esters is 1. The van der Waals surface area contributed by atoms with E-state index in [2.05, 4.69) is 10.6 Å². The number of halogens is 2. The van der Waals surface area contributed by atoms with Crippen molar-refractivity contribution in [2.75, 3.05) is 11.9 Å². The molecule has 10 heteroatoms. The summed E-state index contributed by atoms with van der Waals surface area (Å²) in [4.78, 5) is 49.9. The van der Waals surface area contributed by atoms with E-state index in [4.69, 9.17) is 32.7 Å². The van der Waals surface area contributed by atoms with Gasteiger partial charge >= 0.3 is 12.1 Å². The van der Waals surface area contributed by atoms with Crippen molar-refractivity contribution in [2.45, 2.75) is 39.3 Å². The molecule has 2 unspecified atom stereocenters. The summed E-state index contributed by atoms with van der Waals surface area (Å²) in [5.74, 6) is -2.40. The van der Waals surface area contributed by atoms with Crippen LogP contribution in [0.1, 0.15) is 37.6 Å². The summed E-state index contributed by atoms with van der Waals surface area (Å²) in [5.41, 5.74) is 0.464. The van der Waals surface area contributed by atoms with Gasteiger partial charge in [0, 0.05) is 5.69 Å². The first-order valence-corrected chi connectivity index (χ1v) is 11.4. The Morgan fingerprint density at radius 3 is 2.12 bits per heavy atom. The molecular weight excluding hydrogens is 483 g/mol. The lowest BCUT2D eigenvalue weighted by atomic mass is 10.0. The molecule has 0 aliphatic carbocycles.